The molecular weight excluding hydrogens is 306 g/mol. The summed E-state index contributed by atoms with van der Waals surface area (Å²) in [6.45, 7) is 3.25. The molecule has 2 amide bonds. The summed E-state index contributed by atoms with van der Waals surface area (Å²) in [5.41, 5.74) is 5.85. The summed E-state index contributed by atoms with van der Waals surface area (Å²) in [5.74, 6) is 0.235. The van der Waals surface area contributed by atoms with E-state index >= 15 is 0 Å². The molecule has 1 aliphatic rings. The number of halogens is 1. The van der Waals surface area contributed by atoms with Gasteiger partial charge in [-0.15, -0.1) is 0 Å². The van der Waals surface area contributed by atoms with Crippen molar-refractivity contribution >= 4 is 23.4 Å². The van der Waals surface area contributed by atoms with Crippen LogP contribution in [0, 0.1) is 0 Å². The molecule has 1 saturated heterocycles. The lowest BCUT2D eigenvalue weighted by molar-refractivity contribution is -0.119. The summed E-state index contributed by atoms with van der Waals surface area (Å²) >= 11 is 5.99. The Balaban J connectivity index is 2.12. The molecule has 1 aromatic carbocycles. The highest BCUT2D eigenvalue weighted by atomic mass is 35.5. The number of nitrogens with zero attached hydrogens (tertiary/aromatic N) is 1. The minimum atomic E-state index is -0.151. The fraction of sp³-hybridized carbons (Fsp3) is 0.467. The van der Waals surface area contributed by atoms with E-state index in [2.05, 4.69) is 5.32 Å². The predicted molar refractivity (Wildman–Crippen MR) is 84.1 cm³/mol. The Kier molecular flexibility index (Phi) is 5.63. The van der Waals surface area contributed by atoms with E-state index in [9.17, 15) is 9.59 Å². The Bertz CT molecular complexity index is 565. The number of nitrogens with one attached hydrogen (secondary N) is 1. The van der Waals surface area contributed by atoms with Crippen molar-refractivity contribution < 1.29 is 14.3 Å². The van der Waals surface area contributed by atoms with E-state index in [4.69, 9.17) is 22.1 Å². The van der Waals surface area contributed by atoms with Crippen LogP contribution in [0.2, 0.25) is 5.02 Å². The van der Waals surface area contributed by atoms with Gasteiger partial charge in [0, 0.05) is 37.6 Å². The number of amides is 2. The molecule has 0 spiro atoms. The van der Waals surface area contributed by atoms with E-state index in [-0.39, 0.29) is 17.9 Å². The van der Waals surface area contributed by atoms with Crippen LogP contribution < -0.4 is 15.8 Å². The summed E-state index contributed by atoms with van der Waals surface area (Å²) in [5, 5.41) is 3.30. The largest absolute Gasteiger partial charge is 0.491 e. The van der Waals surface area contributed by atoms with Gasteiger partial charge in [-0.25, -0.2) is 0 Å². The van der Waals surface area contributed by atoms with Crippen LogP contribution in [-0.4, -0.2) is 49.0 Å². The second-order valence-electron chi connectivity index (χ2n) is 5.21. The normalized spacial score (nSPS) is 17.4. The highest BCUT2D eigenvalue weighted by molar-refractivity contribution is 6.31. The maximum atomic E-state index is 12.7. The van der Waals surface area contributed by atoms with Gasteiger partial charge in [-0.05, 0) is 24.6 Å². The average Bonchev–Trinajstić information content (AvgIpc) is 2.92. The van der Waals surface area contributed by atoms with Crippen molar-refractivity contribution in [1.82, 2.24) is 10.2 Å². The first kappa shape index (κ1) is 16.6. The van der Waals surface area contributed by atoms with Crippen molar-refractivity contribution in [1.29, 1.82) is 0 Å². The number of carbonyl (C=O) groups is 2. The molecule has 0 aromatic heterocycles. The summed E-state index contributed by atoms with van der Waals surface area (Å²) in [6, 6.07) is 4.94. The van der Waals surface area contributed by atoms with Crippen LogP contribution in [-0.2, 0) is 4.79 Å². The molecule has 0 saturated carbocycles. The highest BCUT2D eigenvalue weighted by Crippen LogP contribution is 2.25. The topological polar surface area (TPSA) is 84.7 Å². The molecule has 0 aliphatic carbocycles. The van der Waals surface area contributed by atoms with Gasteiger partial charge in [0.2, 0.25) is 5.91 Å². The molecule has 120 valence electrons. The molecule has 1 atom stereocenters. The molecule has 0 radical (unpaired) electrons. The molecule has 1 aliphatic heterocycles. The van der Waals surface area contributed by atoms with Crippen LogP contribution in [0.25, 0.3) is 0 Å². The quantitative estimate of drug-likeness (QED) is 0.846. The van der Waals surface area contributed by atoms with Crippen molar-refractivity contribution in [3.63, 3.8) is 0 Å². The zero-order chi connectivity index (χ0) is 16.1. The molecule has 1 heterocycles. The molecule has 0 bridgehead atoms. The van der Waals surface area contributed by atoms with Gasteiger partial charge in [-0.3, -0.25) is 9.59 Å². The lowest BCUT2D eigenvalue weighted by Crippen LogP contribution is -2.37. The molecule has 6 nitrogen and oxygen atoms in total. The molecule has 0 unspecified atom stereocenters. The third-order valence-corrected chi connectivity index (χ3v) is 3.67. The van der Waals surface area contributed by atoms with E-state index in [0.717, 1.165) is 6.42 Å². The van der Waals surface area contributed by atoms with Gasteiger partial charge in [0.05, 0.1) is 5.56 Å². The van der Waals surface area contributed by atoms with Gasteiger partial charge >= 0.3 is 0 Å². The predicted octanol–water partition coefficient (Wildman–Crippen LogP) is 1.03. The number of carbonyl (C=O) groups excluding carboxylic acids is 2. The third-order valence-electron chi connectivity index (χ3n) is 3.43. The van der Waals surface area contributed by atoms with Gasteiger partial charge in [0.1, 0.15) is 12.4 Å². The minimum absolute atomic E-state index is 0.00551. The van der Waals surface area contributed by atoms with Crippen molar-refractivity contribution in [2.75, 3.05) is 26.2 Å². The number of ether oxygens (including phenoxy) is 1. The number of rotatable bonds is 5. The first-order valence-electron chi connectivity index (χ1n) is 7.20. The molecule has 3 N–H and O–H groups in total. The standard InChI is InChI=1S/C15H20ClN3O3/c1-10(20)18-12-4-6-19(9-12)15(21)13-8-11(16)2-3-14(13)22-7-5-17/h2-3,8,12H,4-7,9,17H2,1H3,(H,18,20)/t12-/m1/s1. The maximum Gasteiger partial charge on any atom is 0.257 e. The third kappa shape index (κ3) is 4.11. The first-order valence-corrected chi connectivity index (χ1v) is 7.58. The zero-order valence-electron chi connectivity index (χ0n) is 12.5. The Hall–Kier alpha value is -1.79. The lowest BCUT2D eigenvalue weighted by Gasteiger charge is -2.19. The van der Waals surface area contributed by atoms with Gasteiger partial charge in [-0.1, -0.05) is 11.6 Å². The summed E-state index contributed by atoms with van der Waals surface area (Å²) in [7, 11) is 0. The fourth-order valence-corrected chi connectivity index (χ4v) is 2.66. The Morgan fingerprint density at radius 3 is 2.95 bits per heavy atom. The van der Waals surface area contributed by atoms with E-state index in [1.807, 2.05) is 0 Å². The van der Waals surface area contributed by atoms with Crippen LogP contribution in [0.1, 0.15) is 23.7 Å². The molecule has 1 fully saturated rings. The Morgan fingerprint density at radius 1 is 1.50 bits per heavy atom. The van der Waals surface area contributed by atoms with Crippen molar-refractivity contribution in [3.8, 4) is 5.75 Å². The highest BCUT2D eigenvalue weighted by Gasteiger charge is 2.29. The number of hydrogen-bond donors (Lipinski definition) is 2. The minimum Gasteiger partial charge on any atom is -0.491 e. The van der Waals surface area contributed by atoms with Gasteiger partial charge in [-0.2, -0.15) is 0 Å². The smallest absolute Gasteiger partial charge is 0.257 e. The average molecular weight is 326 g/mol. The number of likely N-dealkylation sites (tertiary alicyclic amines) is 1. The molecule has 7 heteroatoms. The van der Waals surface area contributed by atoms with E-state index < -0.39 is 0 Å². The molecule has 2 rings (SSSR count). The van der Waals surface area contributed by atoms with Crippen LogP contribution in [0.15, 0.2) is 18.2 Å². The maximum absolute atomic E-state index is 12.7. The number of nitrogens with two attached hydrogens (primary N) is 1. The van der Waals surface area contributed by atoms with Crippen LogP contribution >= 0.6 is 11.6 Å². The van der Waals surface area contributed by atoms with Crippen LogP contribution in [0.3, 0.4) is 0 Å². The SMILES string of the molecule is CC(=O)N[C@@H]1CCN(C(=O)c2cc(Cl)ccc2OCCN)C1. The molecule has 22 heavy (non-hydrogen) atoms. The van der Waals surface area contributed by atoms with Gasteiger partial charge in [0.15, 0.2) is 0 Å². The van der Waals surface area contributed by atoms with E-state index in [0.29, 0.717) is 42.6 Å². The second-order valence-corrected chi connectivity index (χ2v) is 5.65. The van der Waals surface area contributed by atoms with Crippen molar-refractivity contribution in [2.45, 2.75) is 19.4 Å². The van der Waals surface area contributed by atoms with Crippen molar-refractivity contribution in [3.05, 3.63) is 28.8 Å². The molecular formula is C15H20ClN3O3. The first-order chi connectivity index (χ1) is 10.5. The van der Waals surface area contributed by atoms with Crippen LogP contribution in [0.4, 0.5) is 0 Å². The van der Waals surface area contributed by atoms with Crippen LogP contribution in [0.5, 0.6) is 5.75 Å². The lowest BCUT2D eigenvalue weighted by atomic mass is 10.1. The fourth-order valence-electron chi connectivity index (χ4n) is 2.48. The number of benzene rings is 1. The Morgan fingerprint density at radius 2 is 2.27 bits per heavy atom. The van der Waals surface area contributed by atoms with E-state index in [1.165, 1.54) is 6.92 Å². The zero-order valence-corrected chi connectivity index (χ0v) is 13.2. The Labute approximate surface area is 134 Å². The van der Waals surface area contributed by atoms with E-state index in [1.54, 1.807) is 23.1 Å². The van der Waals surface area contributed by atoms with Gasteiger partial charge < -0.3 is 20.7 Å². The molecule has 1 aromatic rings. The summed E-state index contributed by atoms with van der Waals surface area (Å²) in [4.78, 5) is 25.5. The summed E-state index contributed by atoms with van der Waals surface area (Å²) < 4.78 is 5.51. The summed E-state index contributed by atoms with van der Waals surface area (Å²) in [6.07, 6.45) is 0.741. The van der Waals surface area contributed by atoms with Crippen molar-refractivity contribution in [2.24, 2.45) is 5.73 Å². The number of hydrogen-bond acceptors (Lipinski definition) is 4. The second kappa shape index (κ2) is 7.47. The monoisotopic (exact) mass is 325 g/mol. The van der Waals surface area contributed by atoms with Gasteiger partial charge in [0.25, 0.3) is 5.91 Å².